The Labute approximate surface area is 107 Å². The molecule has 96 valence electrons. The fraction of sp³-hybridized carbons (Fsp3) is 0.357. The van der Waals surface area contributed by atoms with E-state index in [-0.39, 0.29) is 6.04 Å². The van der Waals surface area contributed by atoms with Crippen LogP contribution in [0, 0.1) is 0 Å². The quantitative estimate of drug-likeness (QED) is 0.880. The van der Waals surface area contributed by atoms with Gasteiger partial charge in [-0.2, -0.15) is 0 Å². The van der Waals surface area contributed by atoms with Crippen molar-refractivity contribution in [3.05, 3.63) is 36.1 Å². The summed E-state index contributed by atoms with van der Waals surface area (Å²) >= 11 is 0. The summed E-state index contributed by atoms with van der Waals surface area (Å²) in [5, 5.41) is 4.02. The first-order valence-corrected chi connectivity index (χ1v) is 6.16. The third-order valence-corrected chi connectivity index (χ3v) is 2.58. The van der Waals surface area contributed by atoms with Crippen LogP contribution in [0.5, 0.6) is 5.75 Å². The van der Waals surface area contributed by atoms with Crippen molar-refractivity contribution in [1.29, 1.82) is 0 Å². The van der Waals surface area contributed by atoms with E-state index in [0.29, 0.717) is 12.4 Å². The van der Waals surface area contributed by atoms with E-state index >= 15 is 0 Å². The zero-order valence-electron chi connectivity index (χ0n) is 10.7. The lowest BCUT2D eigenvalue weighted by Crippen LogP contribution is -2.02. The van der Waals surface area contributed by atoms with Crippen LogP contribution in [-0.2, 0) is 0 Å². The molecule has 1 atom stereocenters. The zero-order valence-corrected chi connectivity index (χ0v) is 10.7. The summed E-state index contributed by atoms with van der Waals surface area (Å²) in [5.74, 6) is 1.53. The molecule has 2 N–H and O–H groups in total. The number of nitrogens with zero attached hydrogens (tertiary/aromatic N) is 1. The van der Waals surface area contributed by atoms with Crippen LogP contribution in [0.15, 0.2) is 34.9 Å². The van der Waals surface area contributed by atoms with E-state index in [0.717, 1.165) is 23.4 Å². The van der Waals surface area contributed by atoms with Crippen molar-refractivity contribution in [2.45, 2.75) is 26.3 Å². The number of aromatic nitrogens is 1. The Morgan fingerprint density at radius 3 is 2.89 bits per heavy atom. The van der Waals surface area contributed by atoms with Crippen LogP contribution in [0.2, 0.25) is 0 Å². The largest absolute Gasteiger partial charge is 0.494 e. The summed E-state index contributed by atoms with van der Waals surface area (Å²) in [5.41, 5.74) is 7.50. The lowest BCUT2D eigenvalue weighted by atomic mass is 10.1. The van der Waals surface area contributed by atoms with Gasteiger partial charge in [-0.1, -0.05) is 24.2 Å². The minimum atomic E-state index is -0.147. The van der Waals surface area contributed by atoms with Gasteiger partial charge in [0.15, 0.2) is 5.76 Å². The molecule has 1 aromatic heterocycles. The van der Waals surface area contributed by atoms with E-state index in [1.807, 2.05) is 37.3 Å². The number of ether oxygens (including phenoxy) is 1. The first-order valence-electron chi connectivity index (χ1n) is 6.16. The van der Waals surface area contributed by atoms with Crippen LogP contribution in [0.4, 0.5) is 0 Å². The van der Waals surface area contributed by atoms with Gasteiger partial charge in [-0.3, -0.25) is 0 Å². The van der Waals surface area contributed by atoms with Gasteiger partial charge in [0.25, 0.3) is 0 Å². The van der Waals surface area contributed by atoms with Crippen LogP contribution in [0.3, 0.4) is 0 Å². The lowest BCUT2D eigenvalue weighted by Gasteiger charge is -2.05. The van der Waals surface area contributed by atoms with Crippen molar-refractivity contribution in [3.63, 3.8) is 0 Å². The first kappa shape index (κ1) is 12.6. The van der Waals surface area contributed by atoms with Crippen LogP contribution in [0.25, 0.3) is 11.3 Å². The molecule has 0 aliphatic heterocycles. The molecule has 4 nitrogen and oxygen atoms in total. The summed E-state index contributed by atoms with van der Waals surface area (Å²) in [7, 11) is 0. The molecule has 1 aromatic carbocycles. The summed E-state index contributed by atoms with van der Waals surface area (Å²) in [4.78, 5) is 0. The van der Waals surface area contributed by atoms with Crippen LogP contribution >= 0.6 is 0 Å². The van der Waals surface area contributed by atoms with E-state index in [1.54, 1.807) is 0 Å². The van der Waals surface area contributed by atoms with Gasteiger partial charge in [0.2, 0.25) is 0 Å². The predicted octanol–water partition coefficient (Wildman–Crippen LogP) is 3.15. The molecule has 0 aliphatic rings. The third-order valence-electron chi connectivity index (χ3n) is 2.58. The Hall–Kier alpha value is -1.81. The fourth-order valence-corrected chi connectivity index (χ4v) is 1.61. The predicted molar refractivity (Wildman–Crippen MR) is 70.3 cm³/mol. The lowest BCUT2D eigenvalue weighted by molar-refractivity contribution is 0.317. The molecule has 0 spiro atoms. The molecule has 0 saturated heterocycles. The monoisotopic (exact) mass is 246 g/mol. The summed E-state index contributed by atoms with van der Waals surface area (Å²) in [6.07, 6.45) is 0.989. The van der Waals surface area contributed by atoms with Crippen molar-refractivity contribution >= 4 is 0 Å². The van der Waals surface area contributed by atoms with Gasteiger partial charge in [0.1, 0.15) is 11.4 Å². The molecule has 18 heavy (non-hydrogen) atoms. The van der Waals surface area contributed by atoms with Gasteiger partial charge in [0, 0.05) is 11.6 Å². The van der Waals surface area contributed by atoms with Crippen LogP contribution < -0.4 is 10.5 Å². The maximum atomic E-state index is 5.74. The van der Waals surface area contributed by atoms with Gasteiger partial charge in [-0.25, -0.2) is 0 Å². The average Bonchev–Trinajstić information content (AvgIpc) is 2.86. The number of hydrogen-bond acceptors (Lipinski definition) is 4. The summed E-state index contributed by atoms with van der Waals surface area (Å²) in [6, 6.07) is 9.53. The van der Waals surface area contributed by atoms with E-state index in [4.69, 9.17) is 15.0 Å². The SMILES string of the molecule is CCCOc1cccc(-c2cc(C(C)N)on2)c1. The molecule has 0 bridgehead atoms. The molecule has 0 saturated carbocycles. The number of nitrogens with two attached hydrogens (primary N) is 1. The Bertz CT molecular complexity index is 506. The maximum Gasteiger partial charge on any atom is 0.153 e. The molecular weight excluding hydrogens is 228 g/mol. The molecular formula is C14H18N2O2. The first-order chi connectivity index (χ1) is 8.70. The van der Waals surface area contributed by atoms with Gasteiger partial charge in [0.05, 0.1) is 12.6 Å². The van der Waals surface area contributed by atoms with Gasteiger partial charge in [-0.15, -0.1) is 0 Å². The number of rotatable bonds is 5. The molecule has 1 heterocycles. The van der Waals surface area contributed by atoms with Crippen LogP contribution in [-0.4, -0.2) is 11.8 Å². The molecule has 0 fully saturated rings. The molecule has 2 aromatic rings. The minimum absolute atomic E-state index is 0.147. The van der Waals surface area contributed by atoms with Crippen LogP contribution in [0.1, 0.15) is 32.1 Å². The Morgan fingerprint density at radius 1 is 1.39 bits per heavy atom. The van der Waals surface area contributed by atoms with Crippen molar-refractivity contribution < 1.29 is 9.26 Å². The standard InChI is InChI=1S/C14H18N2O2/c1-3-7-17-12-6-4-5-11(8-12)13-9-14(10(2)15)18-16-13/h4-6,8-10H,3,7,15H2,1-2H3. The fourth-order valence-electron chi connectivity index (χ4n) is 1.61. The minimum Gasteiger partial charge on any atom is -0.494 e. The highest BCUT2D eigenvalue weighted by Gasteiger charge is 2.10. The molecule has 0 radical (unpaired) electrons. The Kier molecular flexibility index (Phi) is 3.99. The van der Waals surface area contributed by atoms with Crippen molar-refractivity contribution in [2.24, 2.45) is 5.73 Å². The molecule has 1 unspecified atom stereocenters. The van der Waals surface area contributed by atoms with E-state index in [2.05, 4.69) is 12.1 Å². The van der Waals surface area contributed by atoms with E-state index in [1.165, 1.54) is 0 Å². The smallest absolute Gasteiger partial charge is 0.153 e. The Morgan fingerprint density at radius 2 is 2.22 bits per heavy atom. The number of hydrogen-bond donors (Lipinski definition) is 1. The summed E-state index contributed by atoms with van der Waals surface area (Å²) in [6.45, 7) is 4.66. The second-order valence-corrected chi connectivity index (χ2v) is 4.28. The second-order valence-electron chi connectivity index (χ2n) is 4.28. The van der Waals surface area contributed by atoms with Gasteiger partial charge in [-0.05, 0) is 25.5 Å². The third kappa shape index (κ3) is 2.90. The number of benzene rings is 1. The van der Waals surface area contributed by atoms with Crippen molar-refractivity contribution in [3.8, 4) is 17.0 Å². The van der Waals surface area contributed by atoms with E-state index in [9.17, 15) is 0 Å². The highest BCUT2D eigenvalue weighted by atomic mass is 16.5. The van der Waals surface area contributed by atoms with Gasteiger partial charge < -0.3 is 15.0 Å². The molecule has 2 rings (SSSR count). The highest BCUT2D eigenvalue weighted by molar-refractivity contribution is 5.61. The van der Waals surface area contributed by atoms with E-state index < -0.39 is 0 Å². The molecule has 0 amide bonds. The maximum absolute atomic E-state index is 5.74. The van der Waals surface area contributed by atoms with Crippen molar-refractivity contribution in [2.75, 3.05) is 6.61 Å². The van der Waals surface area contributed by atoms with Gasteiger partial charge >= 0.3 is 0 Å². The molecule has 0 aliphatic carbocycles. The second kappa shape index (κ2) is 5.69. The highest BCUT2D eigenvalue weighted by Crippen LogP contribution is 2.25. The average molecular weight is 246 g/mol. The zero-order chi connectivity index (χ0) is 13.0. The topological polar surface area (TPSA) is 61.3 Å². The van der Waals surface area contributed by atoms with Crippen molar-refractivity contribution in [1.82, 2.24) is 5.16 Å². The summed E-state index contributed by atoms with van der Waals surface area (Å²) < 4.78 is 10.8. The Balaban J connectivity index is 2.21. The normalized spacial score (nSPS) is 12.4. The molecule has 4 heteroatoms.